The smallest absolute Gasteiger partial charge is 0.230 e. The molecule has 0 radical (unpaired) electrons. The standard InChI is InChI=1S/C12H15NO3/c14-9-5-8-10(12(16)13-11(8)15)7-4-2-1-3-6(7)9/h6-8,10H,1-5H2,(H,13,15,16). The molecule has 0 aromatic heterocycles. The van der Waals surface area contributed by atoms with E-state index in [1.165, 1.54) is 0 Å². The van der Waals surface area contributed by atoms with Gasteiger partial charge in [0.2, 0.25) is 11.8 Å². The fourth-order valence-electron chi connectivity index (χ4n) is 3.71. The number of fused-ring (bicyclic) bond motifs is 3. The van der Waals surface area contributed by atoms with E-state index in [1.54, 1.807) is 0 Å². The molecule has 3 aliphatic rings. The predicted octanol–water partition coefficient (Wildman–Crippen LogP) is 0.654. The van der Waals surface area contributed by atoms with Crippen molar-refractivity contribution in [3.05, 3.63) is 0 Å². The van der Waals surface area contributed by atoms with Gasteiger partial charge in [0, 0.05) is 12.3 Å². The van der Waals surface area contributed by atoms with Gasteiger partial charge in [-0.05, 0) is 18.8 Å². The second kappa shape index (κ2) is 3.40. The molecule has 0 aromatic carbocycles. The minimum atomic E-state index is -0.362. The number of nitrogens with one attached hydrogen (secondary N) is 1. The highest BCUT2D eigenvalue weighted by Crippen LogP contribution is 2.46. The Labute approximate surface area is 93.8 Å². The van der Waals surface area contributed by atoms with Crippen LogP contribution in [0.15, 0.2) is 0 Å². The Morgan fingerprint density at radius 1 is 0.938 bits per heavy atom. The SMILES string of the molecule is O=C1CC2C(=O)NC(=O)C2C2CCCCC12. The summed E-state index contributed by atoms with van der Waals surface area (Å²) in [4.78, 5) is 35.2. The van der Waals surface area contributed by atoms with E-state index in [0.29, 0.717) is 0 Å². The van der Waals surface area contributed by atoms with E-state index in [9.17, 15) is 14.4 Å². The quantitative estimate of drug-likeness (QED) is 0.611. The maximum absolute atomic E-state index is 11.9. The topological polar surface area (TPSA) is 63.2 Å². The summed E-state index contributed by atoms with van der Waals surface area (Å²) in [6, 6.07) is 0. The summed E-state index contributed by atoms with van der Waals surface area (Å²) in [5, 5.41) is 2.38. The van der Waals surface area contributed by atoms with Crippen molar-refractivity contribution in [1.29, 1.82) is 0 Å². The molecule has 4 nitrogen and oxygen atoms in total. The molecular formula is C12H15NO3. The third-order valence-corrected chi connectivity index (χ3v) is 4.43. The van der Waals surface area contributed by atoms with Crippen LogP contribution in [0.5, 0.6) is 0 Å². The van der Waals surface area contributed by atoms with Gasteiger partial charge in [0.15, 0.2) is 0 Å². The second-order valence-electron chi connectivity index (χ2n) is 5.21. The number of carbonyl (C=O) groups excluding carboxylic acids is 3. The Kier molecular flexibility index (Phi) is 2.13. The zero-order valence-corrected chi connectivity index (χ0v) is 9.07. The fraction of sp³-hybridized carbons (Fsp3) is 0.750. The van der Waals surface area contributed by atoms with Gasteiger partial charge in [0.1, 0.15) is 5.78 Å². The second-order valence-corrected chi connectivity index (χ2v) is 5.21. The highest BCUT2D eigenvalue weighted by Gasteiger charge is 2.54. The zero-order chi connectivity index (χ0) is 11.3. The Bertz CT molecular complexity index is 376. The van der Waals surface area contributed by atoms with Gasteiger partial charge in [-0.15, -0.1) is 0 Å². The lowest BCUT2D eigenvalue weighted by Crippen LogP contribution is -2.43. The first-order chi connectivity index (χ1) is 7.68. The van der Waals surface area contributed by atoms with Crippen molar-refractivity contribution in [3.8, 4) is 0 Å². The van der Waals surface area contributed by atoms with Crippen LogP contribution in [0.4, 0.5) is 0 Å². The summed E-state index contributed by atoms with van der Waals surface area (Å²) in [6.45, 7) is 0. The number of hydrogen-bond acceptors (Lipinski definition) is 3. The lowest BCUT2D eigenvalue weighted by atomic mass is 9.62. The lowest BCUT2D eigenvalue weighted by molar-refractivity contribution is -0.139. The number of hydrogen-bond donors (Lipinski definition) is 1. The van der Waals surface area contributed by atoms with E-state index < -0.39 is 0 Å². The minimum Gasteiger partial charge on any atom is -0.299 e. The molecule has 2 saturated carbocycles. The largest absolute Gasteiger partial charge is 0.299 e. The molecule has 4 heteroatoms. The van der Waals surface area contributed by atoms with Crippen molar-refractivity contribution < 1.29 is 14.4 Å². The average Bonchev–Trinajstić information content (AvgIpc) is 2.55. The number of amides is 2. The summed E-state index contributed by atoms with van der Waals surface area (Å²) in [5.74, 6) is -0.560. The van der Waals surface area contributed by atoms with Crippen molar-refractivity contribution in [1.82, 2.24) is 5.32 Å². The van der Waals surface area contributed by atoms with E-state index in [4.69, 9.17) is 0 Å². The van der Waals surface area contributed by atoms with Crippen LogP contribution in [-0.2, 0) is 14.4 Å². The van der Waals surface area contributed by atoms with Crippen molar-refractivity contribution >= 4 is 17.6 Å². The summed E-state index contributed by atoms with van der Waals surface area (Å²) in [7, 11) is 0. The molecule has 3 rings (SSSR count). The summed E-state index contributed by atoms with van der Waals surface area (Å²) >= 11 is 0. The average molecular weight is 221 g/mol. The third-order valence-electron chi connectivity index (χ3n) is 4.43. The van der Waals surface area contributed by atoms with Crippen LogP contribution >= 0.6 is 0 Å². The van der Waals surface area contributed by atoms with Crippen LogP contribution in [0.2, 0.25) is 0 Å². The Morgan fingerprint density at radius 2 is 1.69 bits per heavy atom. The number of rotatable bonds is 0. The molecule has 86 valence electrons. The molecule has 4 unspecified atom stereocenters. The molecule has 1 saturated heterocycles. The van der Waals surface area contributed by atoms with E-state index in [-0.39, 0.29) is 47.7 Å². The first-order valence-electron chi connectivity index (χ1n) is 6.06. The summed E-state index contributed by atoms with van der Waals surface area (Å²) in [6.07, 6.45) is 4.29. The van der Waals surface area contributed by atoms with Gasteiger partial charge in [-0.3, -0.25) is 19.7 Å². The maximum Gasteiger partial charge on any atom is 0.230 e. The molecule has 2 aliphatic carbocycles. The van der Waals surface area contributed by atoms with Gasteiger partial charge in [-0.2, -0.15) is 0 Å². The van der Waals surface area contributed by atoms with Gasteiger partial charge in [-0.25, -0.2) is 0 Å². The fourth-order valence-corrected chi connectivity index (χ4v) is 3.71. The number of Topliss-reactive ketones (excluding diaryl/α,β-unsaturated/α-hetero) is 1. The monoisotopic (exact) mass is 221 g/mol. The van der Waals surface area contributed by atoms with Gasteiger partial charge >= 0.3 is 0 Å². The molecule has 1 N–H and O–H groups in total. The van der Waals surface area contributed by atoms with Crippen molar-refractivity contribution in [3.63, 3.8) is 0 Å². The zero-order valence-electron chi connectivity index (χ0n) is 9.07. The number of ketones is 1. The molecule has 2 amide bonds. The molecule has 1 aliphatic heterocycles. The first-order valence-corrected chi connectivity index (χ1v) is 6.06. The Balaban J connectivity index is 1.95. The third kappa shape index (κ3) is 1.25. The van der Waals surface area contributed by atoms with E-state index in [0.717, 1.165) is 25.7 Å². The van der Waals surface area contributed by atoms with E-state index >= 15 is 0 Å². The molecule has 16 heavy (non-hydrogen) atoms. The molecule has 1 heterocycles. The maximum atomic E-state index is 11.9. The van der Waals surface area contributed by atoms with Crippen LogP contribution in [0.25, 0.3) is 0 Å². The molecule has 0 bridgehead atoms. The van der Waals surface area contributed by atoms with Gasteiger partial charge < -0.3 is 0 Å². The van der Waals surface area contributed by atoms with Gasteiger partial charge in [0.25, 0.3) is 0 Å². The summed E-state index contributed by atoms with van der Waals surface area (Å²) in [5.41, 5.74) is 0. The van der Waals surface area contributed by atoms with Gasteiger partial charge in [-0.1, -0.05) is 12.8 Å². The number of carbonyl (C=O) groups is 3. The summed E-state index contributed by atoms with van der Waals surface area (Å²) < 4.78 is 0. The highest BCUT2D eigenvalue weighted by atomic mass is 16.2. The van der Waals surface area contributed by atoms with Crippen LogP contribution in [-0.4, -0.2) is 17.6 Å². The molecule has 0 aromatic rings. The predicted molar refractivity (Wildman–Crippen MR) is 55.2 cm³/mol. The molecular weight excluding hydrogens is 206 g/mol. The van der Waals surface area contributed by atoms with Crippen molar-refractivity contribution in [2.24, 2.45) is 23.7 Å². The minimum absolute atomic E-state index is 0.0478. The van der Waals surface area contributed by atoms with E-state index in [2.05, 4.69) is 5.32 Å². The van der Waals surface area contributed by atoms with Crippen LogP contribution in [0.1, 0.15) is 32.1 Å². The molecule has 0 spiro atoms. The normalized spacial score (nSPS) is 42.6. The highest BCUT2D eigenvalue weighted by molar-refractivity contribution is 6.08. The van der Waals surface area contributed by atoms with Crippen LogP contribution < -0.4 is 5.32 Å². The van der Waals surface area contributed by atoms with Crippen LogP contribution in [0.3, 0.4) is 0 Å². The first kappa shape index (κ1) is 10.00. The Hall–Kier alpha value is -1.19. The Morgan fingerprint density at radius 3 is 2.50 bits per heavy atom. The lowest BCUT2D eigenvalue weighted by Gasteiger charge is -2.39. The van der Waals surface area contributed by atoms with Gasteiger partial charge in [0.05, 0.1) is 11.8 Å². The molecule has 4 atom stereocenters. The number of imide groups is 1. The van der Waals surface area contributed by atoms with Crippen LogP contribution in [0, 0.1) is 23.7 Å². The van der Waals surface area contributed by atoms with Crippen molar-refractivity contribution in [2.75, 3.05) is 0 Å². The van der Waals surface area contributed by atoms with E-state index in [1.807, 2.05) is 0 Å². The molecule has 3 fully saturated rings. The van der Waals surface area contributed by atoms with Crippen molar-refractivity contribution in [2.45, 2.75) is 32.1 Å².